The van der Waals surface area contributed by atoms with Crippen molar-refractivity contribution >= 4 is 17.2 Å². The Morgan fingerprint density at radius 1 is 1.23 bits per heavy atom. The van der Waals surface area contributed by atoms with Gasteiger partial charge in [0, 0.05) is 29.8 Å². The number of carbonyl (C=O) groups excluding carboxylic acids is 1. The van der Waals surface area contributed by atoms with E-state index in [1.807, 2.05) is 55.9 Å². The Hall–Kier alpha value is -2.51. The molecule has 0 radical (unpaired) electrons. The van der Waals surface area contributed by atoms with Crippen LogP contribution in [0.5, 0.6) is 0 Å². The van der Waals surface area contributed by atoms with Gasteiger partial charge >= 0.3 is 0 Å². The summed E-state index contributed by atoms with van der Waals surface area (Å²) in [4.78, 5) is 19.9. The van der Waals surface area contributed by atoms with Crippen molar-refractivity contribution in [3.8, 4) is 11.4 Å². The van der Waals surface area contributed by atoms with Gasteiger partial charge in [0.25, 0.3) is 0 Å². The van der Waals surface area contributed by atoms with Crippen LogP contribution in [0.4, 0.5) is 0 Å². The molecule has 0 saturated heterocycles. The third-order valence-corrected chi connectivity index (χ3v) is 5.03. The zero-order valence-electron chi connectivity index (χ0n) is 14.9. The van der Waals surface area contributed by atoms with E-state index in [0.717, 1.165) is 5.56 Å². The molecule has 1 aromatic carbocycles. The van der Waals surface area contributed by atoms with Crippen LogP contribution in [0.3, 0.4) is 0 Å². The first-order valence-electron chi connectivity index (χ1n) is 8.48. The second-order valence-electron chi connectivity index (χ2n) is 6.18. The number of likely N-dealkylation sites (N-methyl/N-ethyl adjacent to an activating group) is 1. The largest absolute Gasteiger partial charge is 0.354 e. The van der Waals surface area contributed by atoms with Crippen molar-refractivity contribution in [2.24, 2.45) is 0 Å². The molecule has 0 fully saturated rings. The summed E-state index contributed by atoms with van der Waals surface area (Å²) >= 11 is 1.70. The summed E-state index contributed by atoms with van der Waals surface area (Å²) in [6.07, 6.45) is 0.748. The first kappa shape index (κ1) is 18.3. The summed E-state index contributed by atoms with van der Waals surface area (Å²) in [5.41, 5.74) is 0.900. The highest BCUT2D eigenvalue weighted by atomic mass is 32.1. The van der Waals surface area contributed by atoms with E-state index in [2.05, 4.69) is 26.4 Å². The number of benzene rings is 1. The summed E-state index contributed by atoms with van der Waals surface area (Å²) in [7, 11) is 4.03. The molecule has 1 amide bonds. The second kappa shape index (κ2) is 8.73. The number of carbonyl (C=O) groups is 1. The maximum Gasteiger partial charge on any atom is 0.227 e. The molecule has 0 aliphatic rings. The van der Waals surface area contributed by atoms with Gasteiger partial charge in [0.15, 0.2) is 0 Å². The van der Waals surface area contributed by atoms with Gasteiger partial charge in [-0.2, -0.15) is 4.98 Å². The molecule has 0 unspecified atom stereocenters. The minimum Gasteiger partial charge on any atom is -0.354 e. The van der Waals surface area contributed by atoms with Crippen molar-refractivity contribution < 1.29 is 9.32 Å². The molecule has 1 N–H and O–H groups in total. The Kier molecular flexibility index (Phi) is 6.14. The number of aryl methyl sites for hydroxylation is 1. The molecular formula is C19H22N4O2S. The molecule has 0 spiro atoms. The quantitative estimate of drug-likeness (QED) is 0.659. The van der Waals surface area contributed by atoms with Crippen LogP contribution in [0.1, 0.15) is 23.2 Å². The topological polar surface area (TPSA) is 71.3 Å². The lowest BCUT2D eigenvalue weighted by Crippen LogP contribution is -2.34. The smallest absolute Gasteiger partial charge is 0.227 e. The van der Waals surface area contributed by atoms with Crippen molar-refractivity contribution in [2.75, 3.05) is 20.6 Å². The molecule has 7 heteroatoms. The van der Waals surface area contributed by atoms with Gasteiger partial charge in [-0.1, -0.05) is 41.6 Å². The van der Waals surface area contributed by atoms with E-state index < -0.39 is 0 Å². The molecule has 0 bridgehead atoms. The van der Waals surface area contributed by atoms with Crippen molar-refractivity contribution in [3.05, 3.63) is 58.6 Å². The molecule has 1 atom stereocenters. The Labute approximate surface area is 156 Å². The SMILES string of the molecule is CN(C)[C@H](CNC(=O)CCc1nc(-c2ccccc2)no1)c1cccs1. The molecule has 2 aromatic heterocycles. The number of nitrogens with one attached hydrogen (secondary N) is 1. The predicted molar refractivity (Wildman–Crippen MR) is 102 cm³/mol. The monoisotopic (exact) mass is 370 g/mol. The average Bonchev–Trinajstić information content (AvgIpc) is 3.33. The average molecular weight is 370 g/mol. The minimum atomic E-state index is -0.0205. The number of hydrogen-bond acceptors (Lipinski definition) is 6. The second-order valence-corrected chi connectivity index (χ2v) is 7.16. The predicted octanol–water partition coefficient (Wildman–Crippen LogP) is 3.15. The fraction of sp³-hybridized carbons (Fsp3) is 0.316. The van der Waals surface area contributed by atoms with E-state index in [-0.39, 0.29) is 11.9 Å². The van der Waals surface area contributed by atoms with Gasteiger partial charge in [-0.05, 0) is 25.5 Å². The Bertz CT molecular complexity index is 815. The number of aromatic nitrogens is 2. The molecule has 0 aliphatic heterocycles. The van der Waals surface area contributed by atoms with Gasteiger partial charge in [-0.25, -0.2) is 0 Å². The summed E-state index contributed by atoms with van der Waals surface area (Å²) in [6.45, 7) is 0.575. The summed E-state index contributed by atoms with van der Waals surface area (Å²) in [5.74, 6) is 1.00. The zero-order chi connectivity index (χ0) is 18.4. The molecular weight excluding hydrogens is 348 g/mol. The van der Waals surface area contributed by atoms with Crippen molar-refractivity contribution in [2.45, 2.75) is 18.9 Å². The fourth-order valence-electron chi connectivity index (χ4n) is 2.60. The molecule has 26 heavy (non-hydrogen) atoms. The maximum absolute atomic E-state index is 12.2. The van der Waals surface area contributed by atoms with E-state index in [1.165, 1.54) is 4.88 Å². The van der Waals surface area contributed by atoms with E-state index in [1.54, 1.807) is 11.3 Å². The fourth-order valence-corrected chi connectivity index (χ4v) is 3.52. The van der Waals surface area contributed by atoms with Gasteiger partial charge in [-0.3, -0.25) is 4.79 Å². The zero-order valence-corrected chi connectivity index (χ0v) is 15.7. The normalized spacial score (nSPS) is 12.3. The van der Waals surface area contributed by atoms with Gasteiger partial charge in [0.2, 0.25) is 17.6 Å². The van der Waals surface area contributed by atoms with Crippen LogP contribution in [0.15, 0.2) is 52.4 Å². The van der Waals surface area contributed by atoms with Crippen LogP contribution in [-0.4, -0.2) is 41.6 Å². The van der Waals surface area contributed by atoms with Crippen molar-refractivity contribution in [1.82, 2.24) is 20.4 Å². The number of thiophene rings is 1. The molecule has 136 valence electrons. The Morgan fingerprint density at radius 2 is 2.04 bits per heavy atom. The molecule has 0 saturated carbocycles. The lowest BCUT2D eigenvalue weighted by molar-refractivity contribution is -0.121. The van der Waals surface area contributed by atoms with Gasteiger partial charge in [0.1, 0.15) is 0 Å². The third-order valence-electron chi connectivity index (χ3n) is 4.05. The highest BCUT2D eigenvalue weighted by molar-refractivity contribution is 7.10. The van der Waals surface area contributed by atoms with E-state index in [4.69, 9.17) is 4.52 Å². The van der Waals surface area contributed by atoms with Crippen LogP contribution >= 0.6 is 11.3 Å². The lowest BCUT2D eigenvalue weighted by atomic mass is 10.2. The highest BCUT2D eigenvalue weighted by Gasteiger charge is 2.16. The third kappa shape index (κ3) is 4.77. The van der Waals surface area contributed by atoms with Crippen molar-refractivity contribution in [1.29, 1.82) is 0 Å². The van der Waals surface area contributed by atoms with Gasteiger partial charge in [0.05, 0.1) is 6.04 Å². The van der Waals surface area contributed by atoms with Crippen LogP contribution in [-0.2, 0) is 11.2 Å². The number of hydrogen-bond donors (Lipinski definition) is 1. The van der Waals surface area contributed by atoms with E-state index in [0.29, 0.717) is 31.1 Å². The minimum absolute atomic E-state index is 0.0205. The Balaban J connectivity index is 1.49. The highest BCUT2D eigenvalue weighted by Crippen LogP contribution is 2.22. The summed E-state index contributed by atoms with van der Waals surface area (Å²) in [6, 6.07) is 13.9. The standard InChI is InChI=1S/C19H22N4O2S/c1-23(2)15(16-9-6-12-26-16)13-20-17(24)10-11-18-21-19(22-25-18)14-7-4-3-5-8-14/h3-9,12,15H,10-11,13H2,1-2H3,(H,20,24)/t15-/m1/s1. The van der Waals surface area contributed by atoms with Crippen LogP contribution in [0, 0.1) is 0 Å². The van der Waals surface area contributed by atoms with E-state index in [9.17, 15) is 4.79 Å². The number of rotatable bonds is 8. The Morgan fingerprint density at radius 3 is 2.73 bits per heavy atom. The summed E-state index contributed by atoms with van der Waals surface area (Å²) in [5, 5.41) is 9.02. The molecule has 6 nitrogen and oxygen atoms in total. The maximum atomic E-state index is 12.2. The molecule has 3 aromatic rings. The molecule has 0 aliphatic carbocycles. The lowest BCUT2D eigenvalue weighted by Gasteiger charge is -2.23. The molecule has 3 rings (SSSR count). The van der Waals surface area contributed by atoms with Crippen LogP contribution in [0.2, 0.25) is 0 Å². The van der Waals surface area contributed by atoms with Crippen molar-refractivity contribution in [3.63, 3.8) is 0 Å². The number of nitrogens with zero attached hydrogens (tertiary/aromatic N) is 3. The number of amides is 1. The molecule has 2 heterocycles. The first-order chi connectivity index (χ1) is 12.6. The van der Waals surface area contributed by atoms with Gasteiger partial charge in [-0.15, -0.1) is 11.3 Å². The van der Waals surface area contributed by atoms with E-state index >= 15 is 0 Å². The van der Waals surface area contributed by atoms with Gasteiger partial charge < -0.3 is 14.7 Å². The summed E-state index contributed by atoms with van der Waals surface area (Å²) < 4.78 is 5.24. The van der Waals surface area contributed by atoms with Crippen LogP contribution < -0.4 is 5.32 Å². The van der Waals surface area contributed by atoms with Crippen LogP contribution in [0.25, 0.3) is 11.4 Å². The first-order valence-corrected chi connectivity index (χ1v) is 9.36.